The molecule has 0 unspecified atom stereocenters. The van der Waals surface area contributed by atoms with Crippen molar-refractivity contribution in [2.75, 3.05) is 41.3 Å². The van der Waals surface area contributed by atoms with Gasteiger partial charge >= 0.3 is 5.69 Å². The average Bonchev–Trinajstić information content (AvgIpc) is 2.74. The van der Waals surface area contributed by atoms with Crippen molar-refractivity contribution in [1.82, 2.24) is 9.97 Å². The Bertz CT molecular complexity index is 1060. The normalized spacial score (nSPS) is 13.9. The molecule has 0 atom stereocenters. The first kappa shape index (κ1) is 19.8. The van der Waals surface area contributed by atoms with Crippen molar-refractivity contribution < 1.29 is 9.31 Å². The zero-order chi connectivity index (χ0) is 21.1. The summed E-state index contributed by atoms with van der Waals surface area (Å²) in [6, 6.07) is 13.2. The topological polar surface area (TPSA) is 87.4 Å². The van der Waals surface area contributed by atoms with Crippen molar-refractivity contribution in [3.8, 4) is 0 Å². The number of hydrogen-bond acceptors (Lipinski definition) is 7. The van der Waals surface area contributed by atoms with Gasteiger partial charge in [-0.2, -0.15) is 0 Å². The third kappa shape index (κ3) is 4.25. The predicted octanol–water partition coefficient (Wildman–Crippen LogP) is 4.25. The van der Waals surface area contributed by atoms with Crippen LogP contribution in [0.25, 0.3) is 0 Å². The molecule has 3 aromatic rings. The zero-order valence-corrected chi connectivity index (χ0v) is 16.6. The minimum atomic E-state index is -0.478. The van der Waals surface area contributed by atoms with E-state index in [4.69, 9.17) is 11.6 Å². The molecule has 0 radical (unpaired) electrons. The SMILES string of the molecule is O=[N+]([O-])c1c(Nc2cccc(Cl)c2)ncnc1N1CCN(c2ccc(F)cc2)CC1. The third-order valence-electron chi connectivity index (χ3n) is 4.84. The molecular formula is C20H18ClFN6O2. The Morgan fingerprint density at radius 2 is 1.73 bits per heavy atom. The van der Waals surface area contributed by atoms with E-state index in [1.165, 1.54) is 18.5 Å². The smallest absolute Gasteiger partial charge is 0.353 e. The van der Waals surface area contributed by atoms with Crippen LogP contribution in [-0.4, -0.2) is 41.1 Å². The van der Waals surface area contributed by atoms with Gasteiger partial charge in [0.25, 0.3) is 0 Å². The molecule has 8 nitrogen and oxygen atoms in total. The molecule has 0 bridgehead atoms. The largest absolute Gasteiger partial charge is 0.368 e. The van der Waals surface area contributed by atoms with Gasteiger partial charge in [-0.1, -0.05) is 17.7 Å². The number of halogens is 2. The van der Waals surface area contributed by atoms with Crippen molar-refractivity contribution in [1.29, 1.82) is 0 Å². The molecule has 2 heterocycles. The van der Waals surface area contributed by atoms with Crippen molar-refractivity contribution in [2.24, 2.45) is 0 Å². The molecule has 1 N–H and O–H groups in total. The Labute approximate surface area is 177 Å². The van der Waals surface area contributed by atoms with Gasteiger partial charge in [-0.05, 0) is 42.5 Å². The molecule has 0 spiro atoms. The van der Waals surface area contributed by atoms with Gasteiger partial charge in [0.2, 0.25) is 11.6 Å². The third-order valence-corrected chi connectivity index (χ3v) is 5.08. The number of nitrogens with one attached hydrogen (secondary N) is 1. The molecule has 1 fully saturated rings. The van der Waals surface area contributed by atoms with Gasteiger partial charge in [0.05, 0.1) is 4.92 Å². The molecular weight excluding hydrogens is 411 g/mol. The van der Waals surface area contributed by atoms with E-state index in [2.05, 4.69) is 20.2 Å². The number of nitrogens with zero attached hydrogens (tertiary/aromatic N) is 5. The van der Waals surface area contributed by atoms with Gasteiger partial charge < -0.3 is 15.1 Å². The summed E-state index contributed by atoms with van der Waals surface area (Å²) in [4.78, 5) is 23.6. The summed E-state index contributed by atoms with van der Waals surface area (Å²) in [6.07, 6.45) is 1.31. The number of nitro groups is 1. The fourth-order valence-corrected chi connectivity index (χ4v) is 3.58. The van der Waals surface area contributed by atoms with Crippen molar-refractivity contribution in [2.45, 2.75) is 0 Å². The Balaban J connectivity index is 1.55. The van der Waals surface area contributed by atoms with E-state index < -0.39 is 4.92 Å². The summed E-state index contributed by atoms with van der Waals surface area (Å²) in [6.45, 7) is 2.32. The summed E-state index contributed by atoms with van der Waals surface area (Å²) >= 11 is 6.00. The monoisotopic (exact) mass is 428 g/mol. The highest BCUT2D eigenvalue weighted by Crippen LogP contribution is 2.34. The van der Waals surface area contributed by atoms with E-state index in [1.807, 2.05) is 4.90 Å². The lowest BCUT2D eigenvalue weighted by atomic mass is 10.2. The maximum atomic E-state index is 13.2. The summed E-state index contributed by atoms with van der Waals surface area (Å²) in [7, 11) is 0. The maximum Gasteiger partial charge on any atom is 0.353 e. The molecule has 0 saturated carbocycles. The number of anilines is 4. The van der Waals surface area contributed by atoms with Crippen LogP contribution in [0.2, 0.25) is 5.02 Å². The highest BCUT2D eigenvalue weighted by molar-refractivity contribution is 6.30. The second-order valence-electron chi connectivity index (χ2n) is 6.74. The molecule has 154 valence electrons. The van der Waals surface area contributed by atoms with Crippen LogP contribution in [0.4, 0.5) is 33.1 Å². The lowest BCUT2D eigenvalue weighted by molar-refractivity contribution is -0.383. The summed E-state index contributed by atoms with van der Waals surface area (Å²) in [5, 5.41) is 15.3. The highest BCUT2D eigenvalue weighted by atomic mass is 35.5. The minimum Gasteiger partial charge on any atom is -0.368 e. The molecule has 4 rings (SSSR count). The van der Waals surface area contributed by atoms with Crippen molar-refractivity contribution in [3.05, 3.63) is 75.8 Å². The van der Waals surface area contributed by atoms with E-state index in [1.54, 1.807) is 36.4 Å². The number of piperazine rings is 1. The quantitative estimate of drug-likeness (QED) is 0.480. The van der Waals surface area contributed by atoms with E-state index >= 15 is 0 Å². The van der Waals surface area contributed by atoms with Gasteiger partial charge in [-0.25, -0.2) is 14.4 Å². The average molecular weight is 429 g/mol. The number of hydrogen-bond donors (Lipinski definition) is 1. The molecule has 10 heteroatoms. The van der Waals surface area contributed by atoms with E-state index in [0.717, 1.165) is 5.69 Å². The van der Waals surface area contributed by atoms with Crippen LogP contribution in [-0.2, 0) is 0 Å². The Hall–Kier alpha value is -3.46. The molecule has 1 aromatic heterocycles. The Morgan fingerprint density at radius 3 is 2.40 bits per heavy atom. The molecule has 0 amide bonds. The highest BCUT2D eigenvalue weighted by Gasteiger charge is 2.29. The fraction of sp³-hybridized carbons (Fsp3) is 0.200. The molecule has 1 aliphatic heterocycles. The van der Waals surface area contributed by atoms with Gasteiger partial charge in [-0.3, -0.25) is 10.1 Å². The second kappa shape index (κ2) is 8.50. The Morgan fingerprint density at radius 1 is 1.03 bits per heavy atom. The predicted molar refractivity (Wildman–Crippen MR) is 114 cm³/mol. The van der Waals surface area contributed by atoms with Crippen LogP contribution in [0.3, 0.4) is 0 Å². The number of rotatable bonds is 5. The number of aromatic nitrogens is 2. The van der Waals surface area contributed by atoms with E-state index in [9.17, 15) is 14.5 Å². The van der Waals surface area contributed by atoms with Gasteiger partial charge in [0.1, 0.15) is 12.1 Å². The van der Waals surface area contributed by atoms with Crippen molar-refractivity contribution >= 4 is 40.3 Å². The van der Waals surface area contributed by atoms with Gasteiger partial charge in [0.15, 0.2) is 0 Å². The summed E-state index contributed by atoms with van der Waals surface area (Å²) < 4.78 is 13.2. The van der Waals surface area contributed by atoms with Crippen LogP contribution in [0.15, 0.2) is 54.9 Å². The van der Waals surface area contributed by atoms with Gasteiger partial charge in [-0.15, -0.1) is 0 Å². The van der Waals surface area contributed by atoms with Crippen LogP contribution in [0, 0.1) is 15.9 Å². The van der Waals surface area contributed by atoms with Crippen LogP contribution in [0.1, 0.15) is 0 Å². The molecule has 0 aliphatic carbocycles. The van der Waals surface area contributed by atoms with E-state index in [-0.39, 0.29) is 23.1 Å². The van der Waals surface area contributed by atoms with E-state index in [0.29, 0.717) is 36.9 Å². The van der Waals surface area contributed by atoms with Crippen LogP contribution < -0.4 is 15.1 Å². The summed E-state index contributed by atoms with van der Waals surface area (Å²) in [5.74, 6) is 0.0836. The van der Waals surface area contributed by atoms with Gasteiger partial charge in [0, 0.05) is 42.6 Å². The molecule has 1 saturated heterocycles. The fourth-order valence-electron chi connectivity index (χ4n) is 3.39. The molecule has 2 aromatic carbocycles. The number of benzene rings is 2. The van der Waals surface area contributed by atoms with Crippen LogP contribution in [0.5, 0.6) is 0 Å². The molecule has 30 heavy (non-hydrogen) atoms. The summed E-state index contributed by atoms with van der Waals surface area (Å²) in [5.41, 5.74) is 1.32. The first-order valence-corrected chi connectivity index (χ1v) is 9.66. The second-order valence-corrected chi connectivity index (χ2v) is 7.17. The first-order valence-electron chi connectivity index (χ1n) is 9.29. The van der Waals surface area contributed by atoms with Crippen LogP contribution >= 0.6 is 11.6 Å². The minimum absolute atomic E-state index is 0.105. The standard InChI is InChI=1S/C20H18ClFN6O2/c21-14-2-1-3-16(12-14)25-19-18(28(29)30)20(24-13-23-19)27-10-8-26(9-11-27)17-6-4-15(22)5-7-17/h1-7,12-13H,8-11H2,(H,23,24,25). The zero-order valence-electron chi connectivity index (χ0n) is 15.8. The van der Waals surface area contributed by atoms with Crippen molar-refractivity contribution in [3.63, 3.8) is 0 Å². The first-order chi connectivity index (χ1) is 14.5. The lowest BCUT2D eigenvalue weighted by Crippen LogP contribution is -2.47. The Kier molecular flexibility index (Phi) is 5.62. The molecule has 1 aliphatic rings. The lowest BCUT2D eigenvalue weighted by Gasteiger charge is -2.36. The maximum absolute atomic E-state index is 13.2.